The Kier molecular flexibility index (Phi) is 19.1. The van der Waals surface area contributed by atoms with Crippen LogP contribution >= 0.6 is 0 Å². The number of benzene rings is 1. The first kappa shape index (κ1) is 56.4. The van der Waals surface area contributed by atoms with Gasteiger partial charge in [-0.1, -0.05) is 45.0 Å². The minimum absolute atomic E-state index is 0.0476. The molecule has 0 spiro atoms. The number of aromatic nitrogens is 3. The highest BCUT2D eigenvalue weighted by molar-refractivity contribution is 5.94. The Labute approximate surface area is 407 Å². The van der Waals surface area contributed by atoms with Crippen LogP contribution in [0.25, 0.3) is 0 Å². The predicted octanol–water partition coefficient (Wildman–Crippen LogP) is 3.27. The van der Waals surface area contributed by atoms with Gasteiger partial charge in [-0.3, -0.25) is 14.4 Å². The molecule has 5 N–H and O–H groups in total. The van der Waals surface area contributed by atoms with Gasteiger partial charge in [0.25, 0.3) is 0 Å². The van der Waals surface area contributed by atoms with Gasteiger partial charge in [0.1, 0.15) is 42.1 Å². The van der Waals surface area contributed by atoms with E-state index < -0.39 is 120 Å². The number of ketones is 2. The molecular weight excluding hydrogens is 897 g/mol. The van der Waals surface area contributed by atoms with Gasteiger partial charge in [0.05, 0.1) is 59.9 Å². The molecule has 19 nitrogen and oxygen atoms in total. The summed E-state index contributed by atoms with van der Waals surface area (Å²) in [4.78, 5) is 42.2. The SMILES string of the molecule is CC[C@H]1OC(=O)[C@H](C)[C@@H](O[C@H]2C[C@@](C)(OC)[C@@H](O)[C@H](C)O2)[C@H](C)[C@@H](O[C@@H]2O[C@H](C)C[C@H](N(C)CCc3cn(CCOc4cccc(C(C)=O)c4)nn3)[C@H]2O)[C@](C)(O)C[C@@H](C)C(=O)[C@H](C)[C@@H](O)[C@]1(C)O. The topological polar surface area (TPSA) is 251 Å². The number of methoxy groups -OCH3 is 1. The van der Waals surface area contributed by atoms with E-state index in [9.17, 15) is 39.9 Å². The fourth-order valence-electron chi connectivity index (χ4n) is 10.4. The van der Waals surface area contributed by atoms with Crippen molar-refractivity contribution in [2.75, 3.05) is 27.3 Å². The Balaban J connectivity index is 1.40. The first-order valence-corrected chi connectivity index (χ1v) is 24.5. The number of ether oxygens (including phenoxy) is 7. The van der Waals surface area contributed by atoms with Gasteiger partial charge in [0.2, 0.25) is 0 Å². The summed E-state index contributed by atoms with van der Waals surface area (Å²) in [6.45, 7) is 19.0. The van der Waals surface area contributed by atoms with E-state index in [4.69, 9.17) is 33.2 Å². The third-order valence-electron chi connectivity index (χ3n) is 14.9. The Bertz CT molecular complexity index is 2020. The first-order valence-electron chi connectivity index (χ1n) is 24.5. The first-order chi connectivity index (χ1) is 32.2. The fourth-order valence-corrected chi connectivity index (χ4v) is 10.4. The lowest BCUT2D eigenvalue weighted by molar-refractivity contribution is -0.318. The summed E-state index contributed by atoms with van der Waals surface area (Å²) in [5.74, 6) is -4.73. The van der Waals surface area contributed by atoms with E-state index in [1.54, 1.807) is 70.5 Å². The maximum atomic E-state index is 14.3. The number of cyclic esters (lactones) is 1. The van der Waals surface area contributed by atoms with E-state index in [0.29, 0.717) is 43.9 Å². The van der Waals surface area contributed by atoms with Gasteiger partial charge in [-0.25, -0.2) is 4.68 Å². The number of rotatable bonds is 15. The maximum Gasteiger partial charge on any atom is 0.311 e. The minimum atomic E-state index is -2.03. The lowest BCUT2D eigenvalue weighted by atomic mass is 9.74. The molecule has 0 aliphatic carbocycles. The van der Waals surface area contributed by atoms with Gasteiger partial charge in [-0.05, 0) is 86.9 Å². The molecule has 0 amide bonds. The van der Waals surface area contributed by atoms with Gasteiger partial charge in [-0.15, -0.1) is 5.10 Å². The monoisotopic (exact) mass is 977 g/mol. The standard InChI is InChI=1S/C50H80N4O15/c1-14-38-50(11,62)43(58)29(4)40(56)27(2)24-48(9,61)45(30(5)42(31(6)46(60)67-38)68-39-25-49(10,63-13)44(59)33(8)66-39)69-47-41(57)37(22-28(3)65-47)53(12)19-18-35-26-54(52-51-35)20-21-64-36-17-15-16-34(23-36)32(7)55/h15-17,23,26-31,33,37-39,41-45,47,57-59,61-62H,14,18-22,24-25H2,1-13H3/t27-,28-,29+,30+,31-,33+,37+,38-,39+,41-,42+,43-,44+,45-,47+,48-,49-,50-/m1/s1. The average molecular weight is 977 g/mol. The van der Waals surface area contributed by atoms with Crippen LogP contribution in [0.1, 0.15) is 118 Å². The molecule has 3 aliphatic rings. The molecule has 0 radical (unpaired) electrons. The molecule has 1 aromatic carbocycles. The molecule has 2 aromatic rings. The van der Waals surface area contributed by atoms with E-state index in [1.807, 2.05) is 25.1 Å². The second-order valence-electron chi connectivity index (χ2n) is 20.6. The smallest absolute Gasteiger partial charge is 0.311 e. The highest BCUT2D eigenvalue weighted by atomic mass is 16.7. The lowest BCUT2D eigenvalue weighted by Crippen LogP contribution is -2.61. The number of aliphatic hydroxyl groups is 5. The molecule has 0 bridgehead atoms. The molecular formula is C50H80N4O15. The predicted molar refractivity (Wildman–Crippen MR) is 251 cm³/mol. The number of carbonyl (C=O) groups excluding carboxylic acids is 3. The Morgan fingerprint density at radius 2 is 1.67 bits per heavy atom. The highest BCUT2D eigenvalue weighted by Gasteiger charge is 2.53. The second-order valence-corrected chi connectivity index (χ2v) is 20.6. The zero-order valence-corrected chi connectivity index (χ0v) is 42.8. The van der Waals surface area contributed by atoms with Gasteiger partial charge in [0, 0.05) is 62.1 Å². The average Bonchev–Trinajstić information content (AvgIpc) is 3.76. The molecule has 4 heterocycles. The summed E-state index contributed by atoms with van der Waals surface area (Å²) >= 11 is 0. The summed E-state index contributed by atoms with van der Waals surface area (Å²) in [6.07, 6.45) is -8.31. The van der Waals surface area contributed by atoms with E-state index in [2.05, 4.69) is 10.3 Å². The summed E-state index contributed by atoms with van der Waals surface area (Å²) < 4.78 is 45.3. The van der Waals surface area contributed by atoms with Crippen molar-refractivity contribution >= 4 is 17.5 Å². The van der Waals surface area contributed by atoms with Gasteiger partial charge >= 0.3 is 5.97 Å². The van der Waals surface area contributed by atoms with E-state index in [-0.39, 0.29) is 25.0 Å². The van der Waals surface area contributed by atoms with Crippen LogP contribution in [-0.4, -0.2) is 175 Å². The molecule has 5 rings (SSSR count). The highest BCUT2D eigenvalue weighted by Crippen LogP contribution is 2.41. The number of hydrogen-bond donors (Lipinski definition) is 5. The molecule has 0 unspecified atom stereocenters. The largest absolute Gasteiger partial charge is 0.492 e. The molecule has 3 fully saturated rings. The third kappa shape index (κ3) is 13.3. The van der Waals surface area contributed by atoms with Crippen molar-refractivity contribution in [3.8, 4) is 5.75 Å². The molecule has 3 saturated heterocycles. The van der Waals surface area contributed by atoms with Crippen LogP contribution in [0.15, 0.2) is 30.5 Å². The fraction of sp³-hybridized carbons (Fsp3) is 0.780. The van der Waals surface area contributed by atoms with E-state index in [1.165, 1.54) is 34.8 Å². The van der Waals surface area contributed by atoms with Crippen LogP contribution in [0.4, 0.5) is 0 Å². The maximum absolute atomic E-state index is 14.3. The van der Waals surface area contributed by atoms with Crippen molar-refractivity contribution in [1.82, 2.24) is 19.9 Å². The van der Waals surface area contributed by atoms with Crippen LogP contribution in [0.3, 0.4) is 0 Å². The quantitative estimate of drug-likeness (QED) is 0.127. The van der Waals surface area contributed by atoms with Crippen LogP contribution in [-0.2, 0) is 51.0 Å². The number of esters is 1. The van der Waals surface area contributed by atoms with Crippen LogP contribution in [0.5, 0.6) is 5.75 Å². The van der Waals surface area contributed by atoms with Crippen LogP contribution in [0, 0.1) is 23.7 Å². The number of nitrogens with zero attached hydrogens (tertiary/aromatic N) is 4. The van der Waals surface area contributed by atoms with Crippen molar-refractivity contribution < 1.29 is 73.1 Å². The number of Topliss-reactive ketones (excluding diaryl/α,β-unsaturated/α-hetero) is 2. The van der Waals surface area contributed by atoms with Crippen molar-refractivity contribution in [2.24, 2.45) is 23.7 Å². The van der Waals surface area contributed by atoms with Crippen molar-refractivity contribution in [2.45, 2.75) is 199 Å². The molecule has 19 heteroatoms. The third-order valence-corrected chi connectivity index (χ3v) is 14.9. The Morgan fingerprint density at radius 3 is 2.32 bits per heavy atom. The zero-order chi connectivity index (χ0) is 51.3. The van der Waals surface area contributed by atoms with Crippen LogP contribution in [0.2, 0.25) is 0 Å². The molecule has 69 heavy (non-hydrogen) atoms. The minimum Gasteiger partial charge on any atom is -0.492 e. The van der Waals surface area contributed by atoms with Crippen molar-refractivity contribution in [1.29, 1.82) is 0 Å². The van der Waals surface area contributed by atoms with Gasteiger partial charge in [0.15, 0.2) is 18.4 Å². The Hall–Kier alpha value is -3.47. The Morgan fingerprint density at radius 1 is 0.971 bits per heavy atom. The lowest BCUT2D eigenvalue weighted by Gasteiger charge is -2.49. The number of aliphatic hydroxyl groups excluding tert-OH is 3. The zero-order valence-electron chi connectivity index (χ0n) is 42.8. The van der Waals surface area contributed by atoms with E-state index in [0.717, 1.165) is 5.69 Å². The number of carbonyl (C=O) groups is 3. The summed E-state index contributed by atoms with van der Waals surface area (Å²) in [7, 11) is 3.36. The summed E-state index contributed by atoms with van der Waals surface area (Å²) in [5, 5.41) is 67.7. The normalized spacial score (nSPS) is 39.7. The second kappa shape index (κ2) is 23.4. The van der Waals surface area contributed by atoms with E-state index >= 15 is 0 Å². The molecule has 18 atom stereocenters. The summed E-state index contributed by atoms with van der Waals surface area (Å²) in [5.41, 5.74) is -3.71. The summed E-state index contributed by atoms with van der Waals surface area (Å²) in [6, 6.07) is 6.51. The molecule has 1 aromatic heterocycles. The van der Waals surface area contributed by atoms with Crippen molar-refractivity contribution in [3.63, 3.8) is 0 Å². The molecule has 3 aliphatic heterocycles. The number of likely N-dealkylation sites (N-methyl/N-ethyl adjacent to an activating group) is 1. The molecule has 390 valence electrons. The molecule has 0 saturated carbocycles. The number of hydrogen-bond acceptors (Lipinski definition) is 18. The van der Waals surface area contributed by atoms with Gasteiger partial charge in [-0.2, -0.15) is 0 Å². The van der Waals surface area contributed by atoms with Crippen LogP contribution < -0.4 is 4.74 Å². The van der Waals surface area contributed by atoms with Crippen molar-refractivity contribution in [3.05, 3.63) is 41.7 Å². The van der Waals surface area contributed by atoms with Gasteiger partial charge < -0.3 is 63.6 Å².